The van der Waals surface area contributed by atoms with Crippen LogP contribution in [0, 0.1) is 0 Å². The monoisotopic (exact) mass is 384 g/mol. The van der Waals surface area contributed by atoms with Crippen LogP contribution < -0.4 is 4.74 Å². The van der Waals surface area contributed by atoms with Crippen molar-refractivity contribution in [2.75, 3.05) is 13.7 Å². The fraction of sp³-hybridized carbons (Fsp3) is 0.500. The molecule has 6 heteroatoms. The first-order valence-corrected chi connectivity index (χ1v) is 9.76. The van der Waals surface area contributed by atoms with Crippen molar-refractivity contribution in [2.45, 2.75) is 58.1 Å². The molecule has 0 amide bonds. The van der Waals surface area contributed by atoms with Gasteiger partial charge in [-0.1, -0.05) is 24.3 Å². The molecule has 0 aromatic heterocycles. The van der Waals surface area contributed by atoms with Crippen LogP contribution in [0.1, 0.15) is 52.4 Å². The summed E-state index contributed by atoms with van der Waals surface area (Å²) >= 11 is 0. The summed E-state index contributed by atoms with van der Waals surface area (Å²) in [7, 11) is 1.13. The van der Waals surface area contributed by atoms with Crippen molar-refractivity contribution in [1.29, 1.82) is 0 Å². The maximum absolute atomic E-state index is 12.3. The lowest BCUT2D eigenvalue weighted by molar-refractivity contribution is -0.143. The molecule has 1 fully saturated rings. The lowest BCUT2D eigenvalue weighted by Gasteiger charge is -2.32. The van der Waals surface area contributed by atoms with Gasteiger partial charge in [-0.15, -0.1) is 0 Å². The minimum atomic E-state index is -0.523. The summed E-state index contributed by atoms with van der Waals surface area (Å²) in [4.78, 5) is 12.3. The Balaban J connectivity index is 1.97. The molecule has 2 aromatic carbocycles. The molecule has 0 N–H and O–H groups in total. The van der Waals surface area contributed by atoms with Crippen molar-refractivity contribution in [1.82, 2.24) is 0 Å². The molecule has 1 saturated heterocycles. The summed E-state index contributed by atoms with van der Waals surface area (Å²) in [5.74, 6) is 0.304. The van der Waals surface area contributed by atoms with E-state index in [-0.39, 0.29) is 18.2 Å². The Morgan fingerprint density at radius 2 is 1.64 bits per heavy atom. The summed E-state index contributed by atoms with van der Waals surface area (Å²) in [6.45, 7) is 10.2. The highest BCUT2D eigenvalue weighted by Gasteiger charge is 2.54. The highest BCUT2D eigenvalue weighted by molar-refractivity contribution is 6.48. The highest BCUT2D eigenvalue weighted by atomic mass is 16.7. The zero-order valence-electron chi connectivity index (χ0n) is 17.6. The molecule has 3 rings (SSSR count). The number of methoxy groups -OCH3 is 1. The topological polar surface area (TPSA) is 54.0 Å². The largest absolute Gasteiger partial charge is 0.497 e. The summed E-state index contributed by atoms with van der Waals surface area (Å²) in [5, 5.41) is 2.15. The van der Waals surface area contributed by atoms with Crippen LogP contribution in [-0.4, -0.2) is 38.0 Å². The van der Waals surface area contributed by atoms with Gasteiger partial charge in [-0.25, -0.2) is 0 Å². The van der Waals surface area contributed by atoms with Crippen molar-refractivity contribution in [3.8, 4) is 5.75 Å². The van der Waals surface area contributed by atoms with Gasteiger partial charge in [0.25, 0.3) is 0 Å². The number of ether oxygens (including phenoxy) is 2. The normalized spacial score (nSPS) is 18.9. The van der Waals surface area contributed by atoms with Crippen LogP contribution in [-0.2, 0) is 18.8 Å². The lowest BCUT2D eigenvalue weighted by Crippen LogP contribution is -2.41. The molecular formula is C22H29BO5. The van der Waals surface area contributed by atoms with E-state index in [0.29, 0.717) is 6.61 Å². The van der Waals surface area contributed by atoms with E-state index in [9.17, 15) is 4.79 Å². The zero-order chi connectivity index (χ0) is 20.5. The van der Waals surface area contributed by atoms with Gasteiger partial charge >= 0.3 is 13.1 Å². The standard InChI is InChI=1S/C22H29BO5/c1-7-26-20(24)14-19(23-27-21(2,3)22(4,5)28-23)17-9-8-16-13-18(25-6)11-10-15(16)12-17/h8-13,19H,7,14H2,1-6H3. The molecular weight excluding hydrogens is 355 g/mol. The quantitative estimate of drug-likeness (QED) is 0.542. The second-order valence-electron chi connectivity index (χ2n) is 8.21. The van der Waals surface area contributed by atoms with Gasteiger partial charge < -0.3 is 18.8 Å². The van der Waals surface area contributed by atoms with Crippen molar-refractivity contribution >= 4 is 23.9 Å². The molecule has 5 nitrogen and oxygen atoms in total. The summed E-state index contributed by atoms with van der Waals surface area (Å²) in [6, 6.07) is 12.1. The predicted molar refractivity (Wildman–Crippen MR) is 111 cm³/mol. The van der Waals surface area contributed by atoms with Gasteiger partial charge in [0.05, 0.1) is 31.3 Å². The van der Waals surface area contributed by atoms with E-state index in [0.717, 1.165) is 22.1 Å². The molecule has 0 aliphatic carbocycles. The van der Waals surface area contributed by atoms with E-state index in [1.54, 1.807) is 7.11 Å². The van der Waals surface area contributed by atoms with E-state index < -0.39 is 18.3 Å². The smallest absolute Gasteiger partial charge is 0.466 e. The van der Waals surface area contributed by atoms with Crippen molar-refractivity contribution in [3.63, 3.8) is 0 Å². The first-order chi connectivity index (χ1) is 13.2. The van der Waals surface area contributed by atoms with Crippen LogP contribution in [0.25, 0.3) is 10.8 Å². The Labute approximate surface area is 167 Å². The van der Waals surface area contributed by atoms with Gasteiger partial charge in [0.15, 0.2) is 0 Å². The fourth-order valence-electron chi connectivity index (χ4n) is 3.42. The second kappa shape index (κ2) is 7.76. The molecule has 1 atom stereocenters. The fourth-order valence-corrected chi connectivity index (χ4v) is 3.42. The molecule has 2 aromatic rings. The van der Waals surface area contributed by atoms with Crippen LogP contribution in [0.5, 0.6) is 5.75 Å². The molecule has 1 heterocycles. The number of hydrogen-bond donors (Lipinski definition) is 0. The van der Waals surface area contributed by atoms with Crippen LogP contribution in [0.3, 0.4) is 0 Å². The SMILES string of the molecule is CCOC(=O)CC(B1OC(C)(C)C(C)(C)O1)c1ccc2cc(OC)ccc2c1. The number of rotatable bonds is 6. The third-order valence-electron chi connectivity index (χ3n) is 5.79. The van der Waals surface area contributed by atoms with Crippen molar-refractivity contribution < 1.29 is 23.6 Å². The third kappa shape index (κ3) is 4.03. The van der Waals surface area contributed by atoms with E-state index >= 15 is 0 Å². The number of carbonyl (C=O) groups is 1. The van der Waals surface area contributed by atoms with E-state index in [4.69, 9.17) is 18.8 Å². The molecule has 0 spiro atoms. The molecule has 0 saturated carbocycles. The number of benzene rings is 2. The van der Waals surface area contributed by atoms with Crippen LogP contribution >= 0.6 is 0 Å². The molecule has 0 radical (unpaired) electrons. The Morgan fingerprint density at radius 1 is 1.04 bits per heavy atom. The van der Waals surface area contributed by atoms with E-state index in [2.05, 4.69) is 6.07 Å². The van der Waals surface area contributed by atoms with Crippen LogP contribution in [0.4, 0.5) is 0 Å². The number of hydrogen-bond acceptors (Lipinski definition) is 5. The van der Waals surface area contributed by atoms with Crippen LogP contribution in [0.2, 0.25) is 0 Å². The molecule has 1 aliphatic heterocycles. The lowest BCUT2D eigenvalue weighted by atomic mass is 9.66. The summed E-state index contributed by atoms with van der Waals surface area (Å²) < 4.78 is 23.0. The van der Waals surface area contributed by atoms with Gasteiger partial charge in [0.1, 0.15) is 5.75 Å². The van der Waals surface area contributed by atoms with Gasteiger partial charge in [-0.2, -0.15) is 0 Å². The molecule has 28 heavy (non-hydrogen) atoms. The molecule has 1 aliphatic rings. The van der Waals surface area contributed by atoms with Crippen LogP contribution in [0.15, 0.2) is 36.4 Å². The van der Waals surface area contributed by atoms with E-state index in [1.807, 2.05) is 65.0 Å². The molecule has 1 unspecified atom stereocenters. The number of fused-ring (bicyclic) bond motifs is 1. The maximum atomic E-state index is 12.3. The molecule has 0 bridgehead atoms. The second-order valence-corrected chi connectivity index (χ2v) is 8.21. The first kappa shape index (κ1) is 20.7. The first-order valence-electron chi connectivity index (χ1n) is 9.76. The van der Waals surface area contributed by atoms with Gasteiger partial charge in [-0.05, 0) is 63.1 Å². The number of carbonyl (C=O) groups excluding carboxylic acids is 1. The predicted octanol–water partition coefficient (Wildman–Crippen LogP) is 4.52. The van der Waals surface area contributed by atoms with Gasteiger partial charge in [-0.3, -0.25) is 4.79 Å². The zero-order valence-corrected chi connectivity index (χ0v) is 17.6. The highest BCUT2D eigenvalue weighted by Crippen LogP contribution is 2.42. The van der Waals surface area contributed by atoms with E-state index in [1.165, 1.54) is 0 Å². The van der Waals surface area contributed by atoms with Crippen molar-refractivity contribution in [3.05, 3.63) is 42.0 Å². The van der Waals surface area contributed by atoms with Crippen molar-refractivity contribution in [2.24, 2.45) is 0 Å². The third-order valence-corrected chi connectivity index (χ3v) is 5.79. The van der Waals surface area contributed by atoms with Gasteiger partial charge in [0.2, 0.25) is 0 Å². The minimum Gasteiger partial charge on any atom is -0.497 e. The average molecular weight is 384 g/mol. The Bertz CT molecular complexity index is 845. The average Bonchev–Trinajstić information content (AvgIpc) is 2.86. The summed E-state index contributed by atoms with van der Waals surface area (Å²) in [5.41, 5.74) is 0.0630. The summed E-state index contributed by atoms with van der Waals surface area (Å²) in [6.07, 6.45) is 0.201. The Hall–Kier alpha value is -2.05. The minimum absolute atomic E-state index is 0.201. The van der Waals surface area contributed by atoms with Gasteiger partial charge in [0, 0.05) is 5.82 Å². The molecule has 150 valence electrons. The maximum Gasteiger partial charge on any atom is 0.466 e. The Morgan fingerprint density at radius 3 is 2.25 bits per heavy atom. The number of esters is 1. The Kier molecular flexibility index (Phi) is 5.73.